The van der Waals surface area contributed by atoms with Crippen LogP contribution in [0.2, 0.25) is 0 Å². The highest BCUT2D eigenvalue weighted by molar-refractivity contribution is 5.92. The molecule has 0 atom stereocenters. The average Bonchev–Trinajstić information content (AvgIpc) is 3.49. The van der Waals surface area contributed by atoms with E-state index in [0.717, 1.165) is 38.2 Å². The van der Waals surface area contributed by atoms with Gasteiger partial charge in [0.1, 0.15) is 11.5 Å². The first kappa shape index (κ1) is 18.7. The van der Waals surface area contributed by atoms with Crippen molar-refractivity contribution in [3.63, 3.8) is 0 Å². The third-order valence-corrected chi connectivity index (χ3v) is 6.36. The summed E-state index contributed by atoms with van der Waals surface area (Å²) in [4.78, 5) is 30.3. The van der Waals surface area contributed by atoms with Gasteiger partial charge in [0.05, 0.1) is 37.2 Å². The molecule has 5 rings (SSSR count). The molecular weight excluding hydrogens is 368 g/mol. The number of morpholine rings is 1. The summed E-state index contributed by atoms with van der Waals surface area (Å²) in [5, 5.41) is 0. The number of carbonyl (C=O) groups is 1. The minimum atomic E-state index is -0.242. The molecular formula is C21H28N6O2. The van der Waals surface area contributed by atoms with Crippen LogP contribution in [0, 0.1) is 6.92 Å². The summed E-state index contributed by atoms with van der Waals surface area (Å²) in [6.45, 7) is 6.51. The second kappa shape index (κ2) is 7.50. The van der Waals surface area contributed by atoms with E-state index in [9.17, 15) is 4.79 Å². The summed E-state index contributed by atoms with van der Waals surface area (Å²) in [6.07, 6.45) is 11.7. The van der Waals surface area contributed by atoms with Gasteiger partial charge in [-0.3, -0.25) is 14.7 Å². The highest BCUT2D eigenvalue weighted by atomic mass is 16.5. The van der Waals surface area contributed by atoms with Crippen molar-refractivity contribution in [2.75, 3.05) is 32.8 Å². The molecule has 3 fully saturated rings. The van der Waals surface area contributed by atoms with E-state index in [0.29, 0.717) is 31.4 Å². The molecule has 0 aromatic carbocycles. The summed E-state index contributed by atoms with van der Waals surface area (Å²) in [6, 6.07) is 0.662. The first-order valence-electron chi connectivity index (χ1n) is 10.6. The van der Waals surface area contributed by atoms with E-state index in [-0.39, 0.29) is 11.5 Å². The van der Waals surface area contributed by atoms with E-state index in [2.05, 4.69) is 30.6 Å². The zero-order valence-electron chi connectivity index (χ0n) is 17.0. The minimum absolute atomic E-state index is 0.0472. The van der Waals surface area contributed by atoms with Crippen LogP contribution in [0.5, 0.6) is 0 Å². The predicted molar refractivity (Wildman–Crippen MR) is 106 cm³/mol. The van der Waals surface area contributed by atoms with Crippen molar-refractivity contribution in [1.29, 1.82) is 0 Å². The molecule has 3 aliphatic rings. The number of nitrogens with zero attached hydrogens (tertiary/aromatic N) is 6. The molecule has 1 aliphatic carbocycles. The van der Waals surface area contributed by atoms with Crippen LogP contribution in [0.3, 0.4) is 0 Å². The fourth-order valence-corrected chi connectivity index (χ4v) is 4.46. The van der Waals surface area contributed by atoms with Crippen LogP contribution in [-0.4, -0.2) is 73.6 Å². The van der Waals surface area contributed by atoms with Gasteiger partial charge in [-0.25, -0.2) is 9.97 Å². The van der Waals surface area contributed by atoms with E-state index < -0.39 is 0 Å². The van der Waals surface area contributed by atoms with E-state index in [1.807, 2.05) is 18.0 Å². The lowest BCUT2D eigenvalue weighted by atomic mass is 9.89. The molecule has 2 aromatic heterocycles. The van der Waals surface area contributed by atoms with Gasteiger partial charge in [-0.2, -0.15) is 0 Å². The molecule has 29 heavy (non-hydrogen) atoms. The summed E-state index contributed by atoms with van der Waals surface area (Å²) in [5.41, 5.74) is 0.987. The topological polar surface area (TPSA) is 76.4 Å². The van der Waals surface area contributed by atoms with Crippen molar-refractivity contribution in [3.05, 3.63) is 42.0 Å². The van der Waals surface area contributed by atoms with Crippen LogP contribution in [-0.2, 0) is 11.3 Å². The maximum Gasteiger partial charge on any atom is 0.274 e. The molecule has 1 amide bonds. The van der Waals surface area contributed by atoms with Crippen LogP contribution in [0.15, 0.2) is 24.8 Å². The number of amides is 1. The summed E-state index contributed by atoms with van der Waals surface area (Å²) in [7, 11) is 0. The Hall–Kier alpha value is -2.32. The number of aryl methyl sites for hydroxylation is 1. The number of carbonyl (C=O) groups excluding carboxylic acids is 1. The number of imidazole rings is 1. The monoisotopic (exact) mass is 396 g/mol. The fraction of sp³-hybridized carbons (Fsp3) is 0.619. The largest absolute Gasteiger partial charge is 0.371 e. The van der Waals surface area contributed by atoms with Crippen LogP contribution < -0.4 is 0 Å². The van der Waals surface area contributed by atoms with Gasteiger partial charge in [0.25, 0.3) is 5.91 Å². The Balaban J connectivity index is 1.20. The molecule has 0 N–H and O–H groups in total. The van der Waals surface area contributed by atoms with Crippen LogP contribution in [0.1, 0.15) is 53.7 Å². The van der Waals surface area contributed by atoms with Gasteiger partial charge in [0.2, 0.25) is 0 Å². The summed E-state index contributed by atoms with van der Waals surface area (Å²) >= 11 is 0. The Bertz CT molecular complexity index is 868. The zero-order valence-corrected chi connectivity index (χ0v) is 17.0. The number of hydrogen-bond acceptors (Lipinski definition) is 6. The molecule has 0 bridgehead atoms. The Kier molecular flexibility index (Phi) is 4.83. The minimum Gasteiger partial charge on any atom is -0.371 e. The SMILES string of the molecule is Cc1cnc(C(=O)N2CCOC3(CCN(Cc4nccn4C4CC4)CC3)C2)cn1. The Morgan fingerprint density at radius 2 is 2.00 bits per heavy atom. The quantitative estimate of drug-likeness (QED) is 0.785. The zero-order chi connectivity index (χ0) is 19.8. The molecule has 8 nitrogen and oxygen atoms in total. The molecule has 4 heterocycles. The molecule has 0 radical (unpaired) electrons. The normalized spacial score (nSPS) is 22.2. The molecule has 2 aliphatic heterocycles. The van der Waals surface area contributed by atoms with Crippen LogP contribution in [0.25, 0.3) is 0 Å². The Labute approximate surface area is 170 Å². The second-order valence-electron chi connectivity index (χ2n) is 8.56. The lowest BCUT2D eigenvalue weighted by Crippen LogP contribution is -2.58. The molecule has 154 valence electrons. The summed E-state index contributed by atoms with van der Waals surface area (Å²) < 4.78 is 8.56. The number of likely N-dealkylation sites (tertiary alicyclic amines) is 1. The van der Waals surface area contributed by atoms with Crippen molar-refractivity contribution in [2.24, 2.45) is 0 Å². The molecule has 1 spiro atoms. The highest BCUT2D eigenvalue weighted by Gasteiger charge is 2.41. The van der Waals surface area contributed by atoms with Crippen molar-refractivity contribution in [2.45, 2.75) is 50.8 Å². The van der Waals surface area contributed by atoms with E-state index in [1.165, 1.54) is 18.7 Å². The average molecular weight is 396 g/mol. The number of rotatable bonds is 4. The third kappa shape index (κ3) is 3.91. The van der Waals surface area contributed by atoms with E-state index >= 15 is 0 Å². The van der Waals surface area contributed by atoms with Crippen molar-refractivity contribution in [3.8, 4) is 0 Å². The number of piperidine rings is 1. The smallest absolute Gasteiger partial charge is 0.274 e. The summed E-state index contributed by atoms with van der Waals surface area (Å²) in [5.74, 6) is 1.12. The lowest BCUT2D eigenvalue weighted by molar-refractivity contribution is -0.128. The number of aromatic nitrogens is 4. The van der Waals surface area contributed by atoms with Gasteiger partial charge in [0, 0.05) is 44.3 Å². The number of ether oxygens (including phenoxy) is 1. The lowest BCUT2D eigenvalue weighted by Gasteiger charge is -2.47. The van der Waals surface area contributed by atoms with Gasteiger partial charge in [-0.05, 0) is 32.6 Å². The second-order valence-corrected chi connectivity index (χ2v) is 8.56. The van der Waals surface area contributed by atoms with Gasteiger partial charge < -0.3 is 14.2 Å². The van der Waals surface area contributed by atoms with Gasteiger partial charge in [0.15, 0.2) is 0 Å². The molecule has 2 saturated heterocycles. The van der Waals surface area contributed by atoms with Crippen molar-refractivity contribution in [1.82, 2.24) is 29.3 Å². The van der Waals surface area contributed by atoms with Gasteiger partial charge in [-0.15, -0.1) is 0 Å². The molecule has 8 heteroatoms. The Morgan fingerprint density at radius 3 is 2.72 bits per heavy atom. The first-order valence-corrected chi connectivity index (χ1v) is 10.6. The highest BCUT2D eigenvalue weighted by Crippen LogP contribution is 2.36. The van der Waals surface area contributed by atoms with Crippen LogP contribution >= 0.6 is 0 Å². The third-order valence-electron chi connectivity index (χ3n) is 6.36. The van der Waals surface area contributed by atoms with Gasteiger partial charge in [-0.1, -0.05) is 0 Å². The molecule has 0 unspecified atom stereocenters. The maximum absolute atomic E-state index is 12.9. The first-order chi connectivity index (χ1) is 14.1. The standard InChI is InChI=1S/C21H28N6O2/c1-16-12-24-18(13-23-16)20(28)26-10-11-29-21(15-26)4-7-25(8-5-21)14-19-22-6-9-27(19)17-2-3-17/h6,9,12-13,17H,2-5,7-8,10-11,14-15H2,1H3. The fourth-order valence-electron chi connectivity index (χ4n) is 4.46. The van der Waals surface area contributed by atoms with Gasteiger partial charge >= 0.3 is 0 Å². The maximum atomic E-state index is 12.9. The van der Waals surface area contributed by atoms with Crippen molar-refractivity contribution >= 4 is 5.91 Å². The molecule has 2 aromatic rings. The van der Waals surface area contributed by atoms with Crippen molar-refractivity contribution < 1.29 is 9.53 Å². The van der Waals surface area contributed by atoms with E-state index in [1.54, 1.807) is 12.4 Å². The van der Waals surface area contributed by atoms with E-state index in [4.69, 9.17) is 4.74 Å². The number of hydrogen-bond donors (Lipinski definition) is 0. The van der Waals surface area contributed by atoms with Crippen LogP contribution in [0.4, 0.5) is 0 Å². The predicted octanol–water partition coefficient (Wildman–Crippen LogP) is 1.82. The molecule has 1 saturated carbocycles. The Morgan fingerprint density at radius 1 is 1.17 bits per heavy atom.